The Kier molecular flexibility index (Phi) is 1.65. The number of aromatic nitrogens is 1. The fraction of sp³-hybridized carbons (Fsp3) is 0.167. The second-order valence-corrected chi connectivity index (χ2v) is 1.76. The van der Waals surface area contributed by atoms with E-state index in [9.17, 15) is 0 Å². The number of rotatable bonds is 1. The minimum absolute atomic E-state index is 0.672. The second-order valence-electron chi connectivity index (χ2n) is 1.76. The van der Waals surface area contributed by atoms with E-state index in [0.29, 0.717) is 5.82 Å². The third-order valence-corrected chi connectivity index (χ3v) is 0.997. The molecule has 1 heterocycles. The molecular formula is C6H8N3. The molecule has 47 valence electrons. The maximum absolute atomic E-state index is 5.09. The van der Waals surface area contributed by atoms with Gasteiger partial charge in [-0.05, 0) is 18.6 Å². The number of pyridine rings is 1. The van der Waals surface area contributed by atoms with Crippen LogP contribution in [-0.4, -0.2) is 4.98 Å². The molecule has 0 aliphatic carbocycles. The molecule has 0 saturated heterocycles. The van der Waals surface area contributed by atoms with Crippen molar-refractivity contribution in [3.63, 3.8) is 0 Å². The smallest absolute Gasteiger partial charge is 0.140 e. The highest BCUT2D eigenvalue weighted by atomic mass is 15.2. The Bertz CT molecular complexity index is 197. The van der Waals surface area contributed by atoms with Crippen molar-refractivity contribution < 1.29 is 0 Å². The molecule has 1 rings (SSSR count). The molecule has 0 bridgehead atoms. The van der Waals surface area contributed by atoms with Crippen molar-refractivity contribution in [3.8, 4) is 0 Å². The van der Waals surface area contributed by atoms with Crippen LogP contribution in [0.3, 0.4) is 0 Å². The average molecular weight is 122 g/mol. The topological polar surface area (TPSA) is 50.9 Å². The van der Waals surface area contributed by atoms with E-state index < -0.39 is 0 Å². The number of aryl methyl sites for hydroxylation is 1. The second kappa shape index (κ2) is 2.46. The molecule has 1 aromatic rings. The fourth-order valence-electron chi connectivity index (χ4n) is 0.567. The third kappa shape index (κ3) is 1.40. The molecule has 3 heteroatoms. The van der Waals surface area contributed by atoms with E-state index in [0.717, 1.165) is 5.56 Å². The highest BCUT2D eigenvalue weighted by Gasteiger charge is 1.87. The molecular weight excluding hydrogens is 114 g/mol. The number of hydrogen-bond acceptors (Lipinski definition) is 3. The van der Waals surface area contributed by atoms with Crippen molar-refractivity contribution >= 4 is 5.82 Å². The van der Waals surface area contributed by atoms with Crippen molar-refractivity contribution in [1.82, 2.24) is 4.98 Å². The minimum atomic E-state index is 0.672. The lowest BCUT2D eigenvalue weighted by Crippen LogP contribution is -2.08. The normalized spacial score (nSPS) is 9.11. The molecule has 0 aromatic carbocycles. The van der Waals surface area contributed by atoms with E-state index in [1.54, 1.807) is 6.20 Å². The lowest BCUT2D eigenvalue weighted by atomic mass is 10.3. The van der Waals surface area contributed by atoms with Crippen LogP contribution in [0.1, 0.15) is 5.56 Å². The number of nitrogens with two attached hydrogens (primary N) is 1. The van der Waals surface area contributed by atoms with Gasteiger partial charge in [0.15, 0.2) is 0 Å². The van der Waals surface area contributed by atoms with Gasteiger partial charge in [0.25, 0.3) is 0 Å². The molecule has 0 aliphatic rings. The molecule has 1 radical (unpaired) electrons. The quantitative estimate of drug-likeness (QED) is 0.420. The van der Waals surface area contributed by atoms with Crippen LogP contribution in [0.15, 0.2) is 12.3 Å². The lowest BCUT2D eigenvalue weighted by molar-refractivity contribution is 1.21. The number of nitrogen functional groups attached to an aromatic ring is 1. The predicted molar refractivity (Wildman–Crippen MR) is 35.6 cm³/mol. The summed E-state index contributed by atoms with van der Waals surface area (Å²) in [5, 5.41) is 0. The number of hydrogen-bond donors (Lipinski definition) is 2. The number of nitrogens with zero attached hydrogens (tertiary/aromatic N) is 1. The summed E-state index contributed by atoms with van der Waals surface area (Å²) < 4.78 is 0. The largest absolute Gasteiger partial charge is 0.308 e. The van der Waals surface area contributed by atoms with Gasteiger partial charge in [-0.2, -0.15) is 0 Å². The fourth-order valence-corrected chi connectivity index (χ4v) is 0.567. The molecule has 0 saturated carbocycles. The van der Waals surface area contributed by atoms with Crippen molar-refractivity contribution in [3.05, 3.63) is 23.9 Å². The summed E-state index contributed by atoms with van der Waals surface area (Å²) in [4.78, 5) is 3.87. The first kappa shape index (κ1) is 6.04. The molecule has 0 fully saturated rings. The molecule has 0 atom stereocenters. The van der Waals surface area contributed by atoms with Gasteiger partial charge in [-0.3, -0.25) is 0 Å². The summed E-state index contributed by atoms with van der Waals surface area (Å²) in [5.74, 6) is 5.76. The van der Waals surface area contributed by atoms with Crippen LogP contribution in [0, 0.1) is 13.0 Å². The summed E-state index contributed by atoms with van der Waals surface area (Å²) in [7, 11) is 0. The van der Waals surface area contributed by atoms with Gasteiger partial charge in [0, 0.05) is 12.3 Å². The maximum Gasteiger partial charge on any atom is 0.140 e. The molecule has 0 amide bonds. The zero-order chi connectivity index (χ0) is 6.69. The van der Waals surface area contributed by atoms with E-state index in [1.807, 2.05) is 13.0 Å². The Morgan fingerprint density at radius 2 is 2.56 bits per heavy atom. The van der Waals surface area contributed by atoms with Gasteiger partial charge in [0.2, 0.25) is 0 Å². The Morgan fingerprint density at radius 3 is 3.00 bits per heavy atom. The average Bonchev–Trinajstić information content (AvgIpc) is 1.88. The molecule has 9 heavy (non-hydrogen) atoms. The number of nitrogens with one attached hydrogen (secondary N) is 1. The van der Waals surface area contributed by atoms with Crippen LogP contribution in [0.2, 0.25) is 0 Å². The Morgan fingerprint density at radius 1 is 1.78 bits per heavy atom. The SMILES string of the molecule is Cc1[c]cnc(NN)c1. The first-order valence-corrected chi connectivity index (χ1v) is 2.64. The molecule has 3 nitrogen and oxygen atoms in total. The van der Waals surface area contributed by atoms with Gasteiger partial charge in [0.05, 0.1) is 0 Å². The van der Waals surface area contributed by atoms with Crippen LogP contribution in [-0.2, 0) is 0 Å². The number of anilines is 1. The minimum Gasteiger partial charge on any atom is -0.308 e. The van der Waals surface area contributed by atoms with E-state index in [-0.39, 0.29) is 0 Å². The Hall–Kier alpha value is -1.09. The summed E-state index contributed by atoms with van der Waals surface area (Å²) >= 11 is 0. The highest BCUT2D eigenvalue weighted by molar-refractivity contribution is 5.34. The van der Waals surface area contributed by atoms with Crippen LogP contribution in [0.25, 0.3) is 0 Å². The predicted octanol–water partition coefficient (Wildman–Crippen LogP) is 0.476. The summed E-state index contributed by atoms with van der Waals surface area (Å²) in [6.07, 6.45) is 1.59. The van der Waals surface area contributed by atoms with Crippen LogP contribution >= 0.6 is 0 Å². The van der Waals surface area contributed by atoms with Crippen molar-refractivity contribution in [1.29, 1.82) is 0 Å². The van der Waals surface area contributed by atoms with Gasteiger partial charge in [-0.15, -0.1) is 0 Å². The first-order chi connectivity index (χ1) is 4.33. The first-order valence-electron chi connectivity index (χ1n) is 2.64. The zero-order valence-electron chi connectivity index (χ0n) is 5.18. The van der Waals surface area contributed by atoms with Gasteiger partial charge in [-0.1, -0.05) is 0 Å². The van der Waals surface area contributed by atoms with Crippen molar-refractivity contribution in [2.45, 2.75) is 6.92 Å². The zero-order valence-corrected chi connectivity index (χ0v) is 5.18. The number of hydrazine groups is 1. The molecule has 0 spiro atoms. The van der Waals surface area contributed by atoms with Crippen molar-refractivity contribution in [2.75, 3.05) is 5.43 Å². The van der Waals surface area contributed by atoms with Crippen LogP contribution in [0.5, 0.6) is 0 Å². The monoisotopic (exact) mass is 122 g/mol. The Balaban J connectivity index is 2.94. The summed E-state index contributed by atoms with van der Waals surface area (Å²) in [5.41, 5.74) is 3.46. The molecule has 1 aromatic heterocycles. The molecule has 0 aliphatic heterocycles. The van der Waals surface area contributed by atoms with Gasteiger partial charge in [-0.25, -0.2) is 10.8 Å². The molecule has 3 N–H and O–H groups in total. The van der Waals surface area contributed by atoms with E-state index in [4.69, 9.17) is 5.84 Å². The lowest BCUT2D eigenvalue weighted by Gasteiger charge is -1.96. The Labute approximate surface area is 53.9 Å². The van der Waals surface area contributed by atoms with Gasteiger partial charge < -0.3 is 5.43 Å². The summed E-state index contributed by atoms with van der Waals surface area (Å²) in [6, 6.07) is 4.72. The van der Waals surface area contributed by atoms with Gasteiger partial charge in [0.1, 0.15) is 5.82 Å². The van der Waals surface area contributed by atoms with E-state index in [2.05, 4.69) is 16.5 Å². The molecule has 0 unspecified atom stereocenters. The standard InChI is InChI=1S/C6H8N3/c1-5-2-3-8-6(4-5)9-7/h3-4H,7H2,1H3,(H,8,9). The van der Waals surface area contributed by atoms with Gasteiger partial charge >= 0.3 is 0 Å². The van der Waals surface area contributed by atoms with E-state index in [1.165, 1.54) is 0 Å². The van der Waals surface area contributed by atoms with Crippen LogP contribution < -0.4 is 11.3 Å². The van der Waals surface area contributed by atoms with Crippen LogP contribution in [0.4, 0.5) is 5.82 Å². The summed E-state index contributed by atoms with van der Waals surface area (Å²) in [6.45, 7) is 1.93. The maximum atomic E-state index is 5.09. The van der Waals surface area contributed by atoms with E-state index >= 15 is 0 Å². The van der Waals surface area contributed by atoms with Crippen molar-refractivity contribution in [2.24, 2.45) is 5.84 Å². The highest BCUT2D eigenvalue weighted by Crippen LogP contribution is 2.01. The third-order valence-electron chi connectivity index (χ3n) is 0.997.